The van der Waals surface area contributed by atoms with Gasteiger partial charge < -0.3 is 4.90 Å². The summed E-state index contributed by atoms with van der Waals surface area (Å²) >= 11 is 0. The van der Waals surface area contributed by atoms with E-state index in [0.29, 0.717) is 18.5 Å². The maximum atomic E-state index is 10.9. The number of aryl methyl sites for hydroxylation is 1. The molecule has 0 radical (unpaired) electrons. The number of benzene rings is 3. The summed E-state index contributed by atoms with van der Waals surface area (Å²) in [6.07, 6.45) is 6.00. The zero-order valence-electron chi connectivity index (χ0n) is 21.4. The predicted octanol–water partition coefficient (Wildman–Crippen LogP) is 5.72. The van der Waals surface area contributed by atoms with Crippen molar-refractivity contribution in [3.05, 3.63) is 108 Å². The topological polar surface area (TPSA) is 85.3 Å². The van der Waals surface area contributed by atoms with Gasteiger partial charge in [-0.25, -0.2) is 4.57 Å². The lowest BCUT2D eigenvalue weighted by atomic mass is 9.99. The van der Waals surface area contributed by atoms with Gasteiger partial charge in [-0.15, -0.1) is 0 Å². The number of hydrogen-bond acceptors (Lipinski definition) is 4. The van der Waals surface area contributed by atoms with E-state index in [1.54, 1.807) is 0 Å². The summed E-state index contributed by atoms with van der Waals surface area (Å²) in [6, 6.07) is 30.7. The largest absolute Gasteiger partial charge is 0.378 e. The number of nitriles is 1. The molecule has 0 aliphatic heterocycles. The summed E-state index contributed by atoms with van der Waals surface area (Å²) < 4.78 is 32.5. The smallest absolute Gasteiger partial charge is 0.265 e. The first kappa shape index (κ1) is 26.8. The second-order valence-corrected chi connectivity index (χ2v) is 10.8. The molecule has 4 rings (SSSR count). The van der Waals surface area contributed by atoms with Crippen LogP contribution in [0.25, 0.3) is 33.9 Å². The molecule has 0 atom stereocenters. The molecule has 0 amide bonds. The standard InChI is InChI=1S/C31H29N3O3S/c1-33(2)31-14-12-27(13-15-31)25-6-4-24(5-7-25)22-30(23-32)28-10-8-26(9-11-28)29-16-19-34(20-17-29)18-3-21-38(35,36)37/h4-17,19-20,22H,3,18,21H2,1-2H3/p+1. The zero-order valence-corrected chi connectivity index (χ0v) is 22.3. The Morgan fingerprint density at radius 1 is 0.842 bits per heavy atom. The van der Waals surface area contributed by atoms with Gasteiger partial charge in [-0.1, -0.05) is 60.7 Å². The quantitative estimate of drug-likeness (QED) is 0.131. The number of nitrogens with zero attached hydrogens (tertiary/aromatic N) is 3. The number of pyridine rings is 1. The minimum Gasteiger partial charge on any atom is -0.378 e. The summed E-state index contributed by atoms with van der Waals surface area (Å²) in [4.78, 5) is 2.07. The Bertz CT molecular complexity index is 1550. The fraction of sp³-hybridized carbons (Fsp3) is 0.161. The van der Waals surface area contributed by atoms with Crippen LogP contribution in [0.3, 0.4) is 0 Å². The molecule has 0 bridgehead atoms. The van der Waals surface area contributed by atoms with Gasteiger partial charge in [0.05, 0.1) is 17.4 Å². The Morgan fingerprint density at radius 2 is 1.34 bits per heavy atom. The molecule has 1 N–H and O–H groups in total. The summed E-state index contributed by atoms with van der Waals surface area (Å²) in [5, 5.41) is 9.80. The van der Waals surface area contributed by atoms with E-state index in [2.05, 4.69) is 47.4 Å². The third-order valence-electron chi connectivity index (χ3n) is 6.30. The van der Waals surface area contributed by atoms with E-state index in [4.69, 9.17) is 4.55 Å². The molecule has 0 unspecified atom stereocenters. The average molecular weight is 525 g/mol. The van der Waals surface area contributed by atoms with Gasteiger partial charge in [-0.2, -0.15) is 13.7 Å². The van der Waals surface area contributed by atoms with Gasteiger partial charge in [-0.3, -0.25) is 4.55 Å². The van der Waals surface area contributed by atoms with Crippen LogP contribution in [0.4, 0.5) is 5.69 Å². The number of allylic oxidation sites excluding steroid dienone is 1. The Morgan fingerprint density at radius 3 is 1.84 bits per heavy atom. The minimum atomic E-state index is -3.94. The molecule has 1 aromatic heterocycles. The highest BCUT2D eigenvalue weighted by molar-refractivity contribution is 7.85. The van der Waals surface area contributed by atoms with E-state index in [1.807, 2.05) is 85.7 Å². The highest BCUT2D eigenvalue weighted by Gasteiger charge is 2.09. The van der Waals surface area contributed by atoms with Crippen molar-refractivity contribution in [3.8, 4) is 28.3 Å². The molecule has 192 valence electrons. The van der Waals surface area contributed by atoms with Crippen LogP contribution in [0.1, 0.15) is 17.5 Å². The van der Waals surface area contributed by atoms with E-state index in [9.17, 15) is 13.7 Å². The van der Waals surface area contributed by atoms with E-state index in [-0.39, 0.29) is 5.75 Å². The molecular weight excluding hydrogens is 494 g/mol. The van der Waals surface area contributed by atoms with Crippen molar-refractivity contribution in [1.29, 1.82) is 5.26 Å². The molecule has 38 heavy (non-hydrogen) atoms. The minimum absolute atomic E-state index is 0.257. The van der Waals surface area contributed by atoms with Crippen LogP contribution in [0.15, 0.2) is 97.3 Å². The van der Waals surface area contributed by atoms with Crippen LogP contribution in [0.2, 0.25) is 0 Å². The number of aromatic nitrogens is 1. The summed E-state index contributed by atoms with van der Waals surface area (Å²) in [5.74, 6) is -0.257. The molecule has 0 fully saturated rings. The van der Waals surface area contributed by atoms with Crippen LogP contribution in [0, 0.1) is 11.3 Å². The first-order valence-electron chi connectivity index (χ1n) is 12.3. The molecule has 3 aromatic carbocycles. The van der Waals surface area contributed by atoms with Crippen LogP contribution >= 0.6 is 0 Å². The molecular formula is C31H30N3O3S+. The molecule has 1 heterocycles. The normalized spacial score (nSPS) is 11.7. The second kappa shape index (κ2) is 11.9. The molecule has 7 heteroatoms. The number of hydrogen-bond donors (Lipinski definition) is 1. The summed E-state index contributed by atoms with van der Waals surface area (Å²) in [6.45, 7) is 0.499. The lowest BCUT2D eigenvalue weighted by Gasteiger charge is -2.12. The lowest BCUT2D eigenvalue weighted by Crippen LogP contribution is -2.33. The van der Waals surface area contributed by atoms with Gasteiger partial charge in [0.2, 0.25) is 0 Å². The SMILES string of the molecule is CN(C)c1ccc(-c2ccc(/C=C(\C#N)c3ccc(-c4cc[n+](CCCS(=O)(=O)O)cc4)cc3)cc2)cc1. The molecule has 0 aliphatic rings. The van der Waals surface area contributed by atoms with Crippen molar-refractivity contribution < 1.29 is 17.5 Å². The first-order chi connectivity index (χ1) is 18.2. The number of rotatable bonds is 9. The maximum absolute atomic E-state index is 10.9. The maximum Gasteiger partial charge on any atom is 0.265 e. The van der Waals surface area contributed by atoms with Crippen molar-refractivity contribution in [2.75, 3.05) is 24.7 Å². The molecule has 0 aliphatic carbocycles. The first-order valence-corrected chi connectivity index (χ1v) is 13.9. The Balaban J connectivity index is 1.44. The highest BCUT2D eigenvalue weighted by Crippen LogP contribution is 2.26. The number of anilines is 1. The van der Waals surface area contributed by atoms with Gasteiger partial charge in [0.1, 0.15) is 6.54 Å². The monoisotopic (exact) mass is 524 g/mol. The third kappa shape index (κ3) is 7.16. The zero-order chi connectivity index (χ0) is 27.1. The van der Waals surface area contributed by atoms with E-state index in [1.165, 1.54) is 0 Å². The molecule has 0 spiro atoms. The molecule has 4 aromatic rings. The Kier molecular flexibility index (Phi) is 8.37. The lowest BCUT2D eigenvalue weighted by molar-refractivity contribution is -0.696. The van der Waals surface area contributed by atoms with Crippen LogP contribution in [0.5, 0.6) is 0 Å². The van der Waals surface area contributed by atoms with Crippen molar-refractivity contribution in [2.24, 2.45) is 0 Å². The van der Waals surface area contributed by atoms with Gasteiger partial charge in [-0.05, 0) is 51.6 Å². The highest BCUT2D eigenvalue weighted by atomic mass is 32.2. The summed E-state index contributed by atoms with van der Waals surface area (Å²) in [7, 11) is 0.106. The Labute approximate surface area is 224 Å². The Hall–Kier alpha value is -4.25. The average Bonchev–Trinajstić information content (AvgIpc) is 2.92. The van der Waals surface area contributed by atoms with Crippen molar-refractivity contribution in [2.45, 2.75) is 13.0 Å². The molecule has 6 nitrogen and oxygen atoms in total. The fourth-order valence-corrected chi connectivity index (χ4v) is 4.64. The molecule has 0 saturated carbocycles. The van der Waals surface area contributed by atoms with Crippen LogP contribution < -0.4 is 9.47 Å². The van der Waals surface area contributed by atoms with Gasteiger partial charge in [0, 0.05) is 38.3 Å². The third-order valence-corrected chi connectivity index (χ3v) is 7.10. The van der Waals surface area contributed by atoms with Gasteiger partial charge >= 0.3 is 0 Å². The van der Waals surface area contributed by atoms with Crippen molar-refractivity contribution in [1.82, 2.24) is 0 Å². The van der Waals surface area contributed by atoms with Crippen molar-refractivity contribution >= 4 is 27.5 Å². The second-order valence-electron chi connectivity index (χ2n) is 9.27. The van der Waals surface area contributed by atoms with Crippen LogP contribution in [-0.4, -0.2) is 32.8 Å². The van der Waals surface area contributed by atoms with Gasteiger partial charge in [0.15, 0.2) is 12.4 Å². The van der Waals surface area contributed by atoms with Gasteiger partial charge in [0.25, 0.3) is 10.1 Å². The van der Waals surface area contributed by atoms with Crippen molar-refractivity contribution in [3.63, 3.8) is 0 Å². The summed E-state index contributed by atoms with van der Waals surface area (Å²) in [5.41, 5.74) is 7.84. The van der Waals surface area contributed by atoms with E-state index in [0.717, 1.165) is 39.1 Å². The molecule has 0 saturated heterocycles. The fourth-order valence-electron chi connectivity index (χ4n) is 4.14. The predicted molar refractivity (Wildman–Crippen MR) is 153 cm³/mol. The van der Waals surface area contributed by atoms with E-state index >= 15 is 0 Å². The van der Waals surface area contributed by atoms with E-state index < -0.39 is 10.1 Å². The van der Waals surface area contributed by atoms with Crippen LogP contribution in [-0.2, 0) is 16.7 Å².